The van der Waals surface area contributed by atoms with Gasteiger partial charge in [0.1, 0.15) is 17.1 Å². The van der Waals surface area contributed by atoms with Crippen LogP contribution in [-0.4, -0.2) is 42.8 Å². The van der Waals surface area contributed by atoms with Crippen LogP contribution in [0.3, 0.4) is 0 Å². The molecule has 3 aromatic rings. The lowest BCUT2D eigenvalue weighted by Gasteiger charge is -2.36. The largest absolute Gasteiger partial charge is 0.508 e. The number of phenolic OH excluding ortho intramolecular Hbond substituents is 1. The lowest BCUT2D eigenvalue weighted by atomic mass is 10.1. The number of hydrogen-bond donors (Lipinski definition) is 1. The Hall–Kier alpha value is -2.99. The summed E-state index contributed by atoms with van der Waals surface area (Å²) in [6, 6.07) is 14.6. The number of para-hydroxylation sites is 2. The molecule has 146 valence electrons. The Kier molecular flexibility index (Phi) is 5.21. The Balaban J connectivity index is 1.48. The Morgan fingerprint density at radius 3 is 2.64 bits per heavy atom. The molecule has 0 atom stereocenters. The van der Waals surface area contributed by atoms with Crippen LogP contribution in [0.2, 0.25) is 0 Å². The van der Waals surface area contributed by atoms with Crippen LogP contribution in [0, 0.1) is 0 Å². The molecule has 1 N–H and O–H groups in total. The molecule has 4 rings (SSSR count). The molecule has 1 fully saturated rings. The number of ether oxygens (including phenoxy) is 1. The van der Waals surface area contributed by atoms with Crippen molar-refractivity contribution in [3.63, 3.8) is 0 Å². The maximum absolute atomic E-state index is 11.9. The molecule has 2 heterocycles. The van der Waals surface area contributed by atoms with Crippen LogP contribution < -0.4 is 15.3 Å². The Morgan fingerprint density at radius 2 is 1.86 bits per heavy atom. The lowest BCUT2D eigenvalue weighted by molar-refractivity contribution is 0.249. The van der Waals surface area contributed by atoms with Crippen molar-refractivity contribution in [1.29, 1.82) is 0 Å². The van der Waals surface area contributed by atoms with Gasteiger partial charge in [-0.25, -0.2) is 4.79 Å². The zero-order valence-corrected chi connectivity index (χ0v) is 15.9. The van der Waals surface area contributed by atoms with Crippen molar-refractivity contribution < 1.29 is 14.3 Å². The molecule has 1 saturated heterocycles. The third kappa shape index (κ3) is 3.82. The summed E-state index contributed by atoms with van der Waals surface area (Å²) in [4.78, 5) is 16.6. The second-order valence-corrected chi connectivity index (χ2v) is 6.94. The summed E-state index contributed by atoms with van der Waals surface area (Å²) in [5.74, 6) is 1.01. The van der Waals surface area contributed by atoms with Crippen molar-refractivity contribution >= 4 is 16.7 Å². The molecule has 0 aliphatic carbocycles. The SMILES string of the molecule is CCOc1ccccc1N1CCN(Cc2cc(=O)oc3cc(O)ccc23)CC1. The molecule has 0 spiro atoms. The van der Waals surface area contributed by atoms with Crippen LogP contribution in [0.15, 0.2) is 57.7 Å². The maximum Gasteiger partial charge on any atom is 0.336 e. The van der Waals surface area contributed by atoms with Crippen molar-refractivity contribution in [2.24, 2.45) is 0 Å². The van der Waals surface area contributed by atoms with Gasteiger partial charge in [-0.1, -0.05) is 12.1 Å². The molecule has 0 radical (unpaired) electrons. The Bertz CT molecular complexity index is 1020. The van der Waals surface area contributed by atoms with E-state index >= 15 is 0 Å². The quantitative estimate of drug-likeness (QED) is 0.686. The smallest absolute Gasteiger partial charge is 0.336 e. The number of phenols is 1. The van der Waals surface area contributed by atoms with E-state index in [1.807, 2.05) is 25.1 Å². The first-order valence-corrected chi connectivity index (χ1v) is 9.59. The lowest BCUT2D eigenvalue weighted by Crippen LogP contribution is -2.46. The average molecular weight is 380 g/mol. The summed E-state index contributed by atoms with van der Waals surface area (Å²) < 4.78 is 11.0. The second kappa shape index (κ2) is 7.94. The standard InChI is InChI=1S/C22H24N2O4/c1-2-27-20-6-4-3-5-19(20)24-11-9-23(10-12-24)15-16-13-22(26)28-21-14-17(25)7-8-18(16)21/h3-8,13-14,25H,2,9-12,15H2,1H3. The van der Waals surface area contributed by atoms with Crippen molar-refractivity contribution in [2.75, 3.05) is 37.7 Å². The molecular weight excluding hydrogens is 356 g/mol. The van der Waals surface area contributed by atoms with Gasteiger partial charge >= 0.3 is 5.63 Å². The van der Waals surface area contributed by atoms with Gasteiger partial charge in [-0.2, -0.15) is 0 Å². The van der Waals surface area contributed by atoms with Crippen LogP contribution >= 0.6 is 0 Å². The zero-order valence-electron chi connectivity index (χ0n) is 15.9. The van der Waals surface area contributed by atoms with E-state index in [-0.39, 0.29) is 5.75 Å². The maximum atomic E-state index is 11.9. The molecule has 6 heteroatoms. The third-order valence-electron chi connectivity index (χ3n) is 5.09. The molecule has 28 heavy (non-hydrogen) atoms. The van der Waals surface area contributed by atoms with Crippen LogP contribution in [0.5, 0.6) is 11.5 Å². The van der Waals surface area contributed by atoms with Gasteiger partial charge in [-0.05, 0) is 36.8 Å². The topological polar surface area (TPSA) is 66.2 Å². The number of benzene rings is 2. The molecule has 0 saturated carbocycles. The van der Waals surface area contributed by atoms with Gasteiger partial charge in [-0.3, -0.25) is 4.90 Å². The van der Waals surface area contributed by atoms with Gasteiger partial charge < -0.3 is 19.2 Å². The molecular formula is C22H24N2O4. The van der Waals surface area contributed by atoms with Crippen LogP contribution in [0.4, 0.5) is 5.69 Å². The fraction of sp³-hybridized carbons (Fsp3) is 0.318. The highest BCUT2D eigenvalue weighted by molar-refractivity contribution is 5.81. The second-order valence-electron chi connectivity index (χ2n) is 6.94. The Morgan fingerprint density at radius 1 is 1.07 bits per heavy atom. The number of nitrogens with zero attached hydrogens (tertiary/aromatic N) is 2. The normalized spacial score (nSPS) is 15.1. The van der Waals surface area contributed by atoms with E-state index in [1.165, 1.54) is 6.07 Å². The molecule has 6 nitrogen and oxygen atoms in total. The summed E-state index contributed by atoms with van der Waals surface area (Å²) >= 11 is 0. The first kappa shape index (κ1) is 18.4. The predicted octanol–water partition coefficient (Wildman–Crippen LogP) is 3.22. The minimum absolute atomic E-state index is 0.0920. The molecule has 0 amide bonds. The zero-order chi connectivity index (χ0) is 19.5. The number of aromatic hydroxyl groups is 1. The molecule has 0 unspecified atom stereocenters. The van der Waals surface area contributed by atoms with Crippen molar-refractivity contribution in [2.45, 2.75) is 13.5 Å². The van der Waals surface area contributed by atoms with Gasteiger partial charge in [-0.15, -0.1) is 0 Å². The number of hydrogen-bond acceptors (Lipinski definition) is 6. The average Bonchev–Trinajstić information content (AvgIpc) is 2.69. The predicted molar refractivity (Wildman–Crippen MR) is 109 cm³/mol. The van der Waals surface area contributed by atoms with Gasteiger partial charge in [0.2, 0.25) is 0 Å². The minimum atomic E-state index is -0.391. The van der Waals surface area contributed by atoms with E-state index < -0.39 is 5.63 Å². The number of rotatable bonds is 5. The summed E-state index contributed by atoms with van der Waals surface area (Å²) in [6.07, 6.45) is 0. The van der Waals surface area contributed by atoms with E-state index in [0.29, 0.717) is 18.7 Å². The van der Waals surface area contributed by atoms with Gasteiger partial charge in [0, 0.05) is 50.2 Å². The van der Waals surface area contributed by atoms with Crippen molar-refractivity contribution in [1.82, 2.24) is 4.90 Å². The highest BCUT2D eigenvalue weighted by atomic mass is 16.5. The molecule has 1 aromatic heterocycles. The highest BCUT2D eigenvalue weighted by Gasteiger charge is 2.20. The summed E-state index contributed by atoms with van der Waals surface area (Å²) in [5, 5.41) is 10.5. The Labute approximate surface area is 163 Å². The van der Waals surface area contributed by atoms with E-state index in [9.17, 15) is 9.90 Å². The van der Waals surface area contributed by atoms with E-state index in [0.717, 1.165) is 48.6 Å². The van der Waals surface area contributed by atoms with Crippen molar-refractivity contribution in [3.05, 3.63) is 64.5 Å². The van der Waals surface area contributed by atoms with E-state index in [4.69, 9.17) is 9.15 Å². The summed E-state index contributed by atoms with van der Waals surface area (Å²) in [7, 11) is 0. The summed E-state index contributed by atoms with van der Waals surface area (Å²) in [5.41, 5.74) is 2.09. The van der Waals surface area contributed by atoms with Gasteiger partial charge in [0.15, 0.2) is 0 Å². The number of fused-ring (bicyclic) bond motifs is 1. The monoisotopic (exact) mass is 380 g/mol. The van der Waals surface area contributed by atoms with Crippen molar-refractivity contribution in [3.8, 4) is 11.5 Å². The molecule has 2 aromatic carbocycles. The highest BCUT2D eigenvalue weighted by Crippen LogP contribution is 2.29. The molecule has 1 aliphatic heterocycles. The molecule has 1 aliphatic rings. The minimum Gasteiger partial charge on any atom is -0.508 e. The van der Waals surface area contributed by atoms with Gasteiger partial charge in [0.25, 0.3) is 0 Å². The first-order chi connectivity index (χ1) is 13.6. The first-order valence-electron chi connectivity index (χ1n) is 9.59. The fourth-order valence-corrected chi connectivity index (χ4v) is 3.73. The fourth-order valence-electron chi connectivity index (χ4n) is 3.73. The number of piperazine rings is 1. The van der Waals surface area contributed by atoms with Crippen LogP contribution in [0.25, 0.3) is 11.0 Å². The molecule has 0 bridgehead atoms. The van der Waals surface area contributed by atoms with E-state index in [2.05, 4.69) is 15.9 Å². The van der Waals surface area contributed by atoms with Crippen LogP contribution in [0.1, 0.15) is 12.5 Å². The van der Waals surface area contributed by atoms with Crippen LogP contribution in [-0.2, 0) is 6.54 Å². The number of anilines is 1. The summed E-state index contributed by atoms with van der Waals surface area (Å²) in [6.45, 7) is 6.88. The third-order valence-corrected chi connectivity index (χ3v) is 5.09. The van der Waals surface area contributed by atoms with E-state index in [1.54, 1.807) is 18.2 Å². The van der Waals surface area contributed by atoms with Gasteiger partial charge in [0.05, 0.1) is 12.3 Å².